The molecule has 2 fully saturated rings. The number of carbonyl (C=O) groups is 1. The van der Waals surface area contributed by atoms with E-state index < -0.39 is 0 Å². The van der Waals surface area contributed by atoms with Gasteiger partial charge in [-0.05, 0) is 50.8 Å². The number of carbonyl (C=O) groups excluding carboxylic acids is 1. The smallest absolute Gasteiger partial charge is 0.245 e. The van der Waals surface area contributed by atoms with Crippen molar-refractivity contribution in [2.75, 3.05) is 0 Å². The molecule has 140 valence electrons. The van der Waals surface area contributed by atoms with E-state index in [-0.39, 0.29) is 11.9 Å². The molecule has 6 heteroatoms. The first kappa shape index (κ1) is 16.5. The molecule has 0 radical (unpaired) electrons. The lowest BCUT2D eigenvalue weighted by Gasteiger charge is -2.40. The van der Waals surface area contributed by atoms with Gasteiger partial charge >= 0.3 is 0 Å². The van der Waals surface area contributed by atoms with Gasteiger partial charge in [-0.3, -0.25) is 9.48 Å². The first-order valence-corrected chi connectivity index (χ1v) is 9.85. The number of aryl methyl sites for hydroxylation is 1. The van der Waals surface area contributed by atoms with Crippen molar-refractivity contribution >= 4 is 16.9 Å². The van der Waals surface area contributed by atoms with Crippen LogP contribution in [0, 0.1) is 0 Å². The summed E-state index contributed by atoms with van der Waals surface area (Å²) in [5.74, 6) is 0.734. The molecule has 0 spiro atoms. The zero-order chi connectivity index (χ0) is 18.5. The highest BCUT2D eigenvalue weighted by molar-refractivity contribution is 5.84. The predicted octanol–water partition coefficient (Wildman–Crippen LogP) is 3.27. The molecule has 2 bridgehead atoms. The van der Waals surface area contributed by atoms with Gasteiger partial charge in [0.1, 0.15) is 6.04 Å². The van der Waals surface area contributed by atoms with Crippen LogP contribution in [0.2, 0.25) is 0 Å². The molecule has 3 aromatic rings. The summed E-state index contributed by atoms with van der Waals surface area (Å²) in [6, 6.07) is 10.6. The largest absolute Gasteiger partial charge is 0.335 e. The van der Waals surface area contributed by atoms with Crippen LogP contribution in [0.1, 0.15) is 50.3 Å². The first-order valence-electron chi connectivity index (χ1n) is 9.85. The lowest BCUT2D eigenvalue weighted by Crippen LogP contribution is -2.48. The highest BCUT2D eigenvalue weighted by Gasteiger charge is 2.45. The minimum atomic E-state index is -0.228. The Hall–Kier alpha value is -2.63. The molecule has 3 unspecified atom stereocenters. The standard InChI is InChI=1S/C21H25N5O/c1-14(25-13-22-18-5-3-4-6-20(18)25)21(27)26-16-7-8-17(26)12-15(11-16)19-9-10-23-24(19)2/h3-6,9-10,13-17H,7-8,11-12H2,1-2H3. The van der Waals surface area contributed by atoms with Crippen molar-refractivity contribution in [3.63, 3.8) is 0 Å². The summed E-state index contributed by atoms with van der Waals surface area (Å²) in [7, 11) is 2.01. The number of piperidine rings is 1. The fraction of sp³-hybridized carbons (Fsp3) is 0.476. The second-order valence-electron chi connectivity index (χ2n) is 8.00. The van der Waals surface area contributed by atoms with Crippen LogP contribution in [0.4, 0.5) is 0 Å². The molecule has 4 heterocycles. The van der Waals surface area contributed by atoms with Gasteiger partial charge in [0.15, 0.2) is 0 Å². The van der Waals surface area contributed by atoms with Crippen molar-refractivity contribution in [3.8, 4) is 0 Å². The molecule has 3 atom stereocenters. The molecule has 0 N–H and O–H groups in total. The van der Waals surface area contributed by atoms with Gasteiger partial charge in [-0.1, -0.05) is 12.1 Å². The van der Waals surface area contributed by atoms with Crippen molar-refractivity contribution in [2.45, 2.75) is 56.7 Å². The normalized spacial score (nSPS) is 25.9. The minimum absolute atomic E-state index is 0.228. The lowest BCUT2D eigenvalue weighted by molar-refractivity contribution is -0.139. The third-order valence-electron chi connectivity index (χ3n) is 6.52. The second-order valence-corrected chi connectivity index (χ2v) is 8.00. The third-order valence-corrected chi connectivity index (χ3v) is 6.52. The van der Waals surface area contributed by atoms with Crippen LogP contribution in [0.3, 0.4) is 0 Å². The van der Waals surface area contributed by atoms with E-state index in [0.29, 0.717) is 18.0 Å². The number of para-hydroxylation sites is 2. The Labute approximate surface area is 158 Å². The average molecular weight is 363 g/mol. The number of amides is 1. The Morgan fingerprint density at radius 2 is 1.89 bits per heavy atom. The van der Waals surface area contributed by atoms with Crippen LogP contribution >= 0.6 is 0 Å². The van der Waals surface area contributed by atoms with Crippen molar-refractivity contribution < 1.29 is 4.79 Å². The highest BCUT2D eigenvalue weighted by atomic mass is 16.2. The molecule has 2 aliphatic rings. The molecule has 27 heavy (non-hydrogen) atoms. The maximum atomic E-state index is 13.4. The Bertz CT molecular complexity index is 975. The zero-order valence-corrected chi connectivity index (χ0v) is 15.8. The van der Waals surface area contributed by atoms with Crippen LogP contribution in [-0.4, -0.2) is 42.2 Å². The number of nitrogens with zero attached hydrogens (tertiary/aromatic N) is 5. The summed E-state index contributed by atoms with van der Waals surface area (Å²) in [5, 5.41) is 4.33. The number of hydrogen-bond donors (Lipinski definition) is 0. The van der Waals surface area contributed by atoms with Crippen molar-refractivity contribution in [3.05, 3.63) is 48.5 Å². The molecule has 6 nitrogen and oxygen atoms in total. The predicted molar refractivity (Wildman–Crippen MR) is 103 cm³/mol. The summed E-state index contributed by atoms with van der Waals surface area (Å²) in [6.07, 6.45) is 7.99. The molecule has 2 saturated heterocycles. The third kappa shape index (κ3) is 2.58. The average Bonchev–Trinajstić information content (AvgIpc) is 3.36. The van der Waals surface area contributed by atoms with E-state index in [1.807, 2.05) is 53.7 Å². The van der Waals surface area contributed by atoms with Gasteiger partial charge in [0.2, 0.25) is 5.91 Å². The lowest BCUT2D eigenvalue weighted by atomic mass is 9.87. The molecule has 0 aliphatic carbocycles. The van der Waals surface area contributed by atoms with Gasteiger partial charge in [0, 0.05) is 36.9 Å². The van der Waals surface area contributed by atoms with Crippen LogP contribution in [0.5, 0.6) is 0 Å². The van der Waals surface area contributed by atoms with E-state index in [4.69, 9.17) is 0 Å². The van der Waals surface area contributed by atoms with Gasteiger partial charge in [-0.25, -0.2) is 4.98 Å². The Morgan fingerprint density at radius 1 is 1.15 bits per heavy atom. The number of imidazole rings is 1. The van der Waals surface area contributed by atoms with Crippen LogP contribution in [0.25, 0.3) is 11.0 Å². The first-order chi connectivity index (χ1) is 13.1. The Balaban J connectivity index is 1.39. The number of fused-ring (bicyclic) bond motifs is 3. The van der Waals surface area contributed by atoms with Gasteiger partial charge in [-0.15, -0.1) is 0 Å². The molecular weight excluding hydrogens is 338 g/mol. The summed E-state index contributed by atoms with van der Waals surface area (Å²) in [6.45, 7) is 2.00. The summed E-state index contributed by atoms with van der Waals surface area (Å²) >= 11 is 0. The fourth-order valence-corrected chi connectivity index (χ4v) is 5.18. The SMILES string of the molecule is CC(C(=O)N1C2CCC1CC(c1ccnn1C)C2)n1cnc2ccccc21. The van der Waals surface area contributed by atoms with Gasteiger partial charge in [0.25, 0.3) is 0 Å². The van der Waals surface area contributed by atoms with Crippen LogP contribution in [-0.2, 0) is 11.8 Å². The second kappa shape index (κ2) is 6.22. The van der Waals surface area contributed by atoms with E-state index >= 15 is 0 Å². The quantitative estimate of drug-likeness (QED) is 0.718. The number of hydrogen-bond acceptors (Lipinski definition) is 3. The number of benzene rings is 1. The van der Waals surface area contributed by atoms with Gasteiger partial charge < -0.3 is 9.47 Å². The van der Waals surface area contributed by atoms with E-state index in [9.17, 15) is 4.79 Å². The molecule has 2 aromatic heterocycles. The summed E-state index contributed by atoms with van der Waals surface area (Å²) in [4.78, 5) is 20.1. The van der Waals surface area contributed by atoms with E-state index in [1.54, 1.807) is 6.33 Å². The maximum absolute atomic E-state index is 13.4. The van der Waals surface area contributed by atoms with Gasteiger partial charge in [-0.2, -0.15) is 5.10 Å². The molecular formula is C21H25N5O. The van der Waals surface area contributed by atoms with Crippen molar-refractivity contribution in [1.82, 2.24) is 24.2 Å². The van der Waals surface area contributed by atoms with Crippen LogP contribution in [0.15, 0.2) is 42.9 Å². The molecule has 5 rings (SSSR count). The molecule has 2 aliphatic heterocycles. The van der Waals surface area contributed by atoms with E-state index in [1.165, 1.54) is 5.69 Å². The maximum Gasteiger partial charge on any atom is 0.245 e. The minimum Gasteiger partial charge on any atom is -0.335 e. The number of aromatic nitrogens is 4. The molecule has 1 amide bonds. The van der Waals surface area contributed by atoms with E-state index in [2.05, 4.69) is 21.0 Å². The van der Waals surface area contributed by atoms with Crippen molar-refractivity contribution in [1.29, 1.82) is 0 Å². The van der Waals surface area contributed by atoms with E-state index in [0.717, 1.165) is 36.7 Å². The highest BCUT2D eigenvalue weighted by Crippen LogP contribution is 2.43. The summed E-state index contributed by atoms with van der Waals surface area (Å²) < 4.78 is 4.01. The summed E-state index contributed by atoms with van der Waals surface area (Å²) in [5.41, 5.74) is 3.26. The topological polar surface area (TPSA) is 56.0 Å². The van der Waals surface area contributed by atoms with Gasteiger partial charge in [0.05, 0.1) is 17.4 Å². The van der Waals surface area contributed by atoms with Crippen LogP contribution < -0.4 is 0 Å². The molecule has 0 saturated carbocycles. The van der Waals surface area contributed by atoms with Crippen molar-refractivity contribution in [2.24, 2.45) is 7.05 Å². The zero-order valence-electron chi connectivity index (χ0n) is 15.8. The number of rotatable bonds is 3. The fourth-order valence-electron chi connectivity index (χ4n) is 5.18. The monoisotopic (exact) mass is 363 g/mol. The Morgan fingerprint density at radius 3 is 2.59 bits per heavy atom. The molecule has 1 aromatic carbocycles. The Kier molecular flexibility index (Phi) is 3.81.